The molecule has 1 aliphatic rings. The fraction of sp³-hybridized carbons (Fsp3) is 0.417. The highest BCUT2D eigenvalue weighted by atomic mass is 19.1. The lowest BCUT2D eigenvalue weighted by atomic mass is 9.87. The Bertz CT molecular complexity index is 916. The molecule has 7 heteroatoms. The molecule has 2 aromatic rings. The van der Waals surface area contributed by atoms with E-state index in [1.807, 2.05) is 38.1 Å². The molecule has 1 saturated heterocycles. The van der Waals surface area contributed by atoms with Crippen molar-refractivity contribution in [3.05, 3.63) is 59.9 Å². The Morgan fingerprint density at radius 1 is 1.19 bits per heavy atom. The first-order valence-corrected chi connectivity index (χ1v) is 10.4. The van der Waals surface area contributed by atoms with Gasteiger partial charge in [0.15, 0.2) is 5.60 Å². The summed E-state index contributed by atoms with van der Waals surface area (Å²) in [5.41, 5.74) is 1.39. The van der Waals surface area contributed by atoms with Crippen LogP contribution in [0.2, 0.25) is 0 Å². The Morgan fingerprint density at radius 2 is 1.90 bits per heavy atom. The molecule has 0 aromatic heterocycles. The highest BCUT2D eigenvalue weighted by molar-refractivity contribution is 5.88. The van der Waals surface area contributed by atoms with E-state index in [0.29, 0.717) is 6.54 Å². The Hall–Kier alpha value is -2.77. The van der Waals surface area contributed by atoms with Crippen LogP contribution in [0.1, 0.15) is 19.4 Å². The molecule has 1 fully saturated rings. The average Bonchev–Trinajstić information content (AvgIpc) is 2.75. The maximum absolute atomic E-state index is 13.4. The minimum Gasteiger partial charge on any atom is -0.375 e. The lowest BCUT2D eigenvalue weighted by Gasteiger charge is -2.42. The summed E-state index contributed by atoms with van der Waals surface area (Å²) >= 11 is 0. The summed E-state index contributed by atoms with van der Waals surface area (Å²) in [4.78, 5) is 27.4. The molecule has 6 nitrogen and oxygen atoms in total. The number of ether oxygens (including phenoxy) is 2. The molecular weight excluding hydrogens is 399 g/mol. The van der Waals surface area contributed by atoms with Crippen LogP contribution in [0.4, 0.5) is 4.39 Å². The third-order valence-electron chi connectivity index (χ3n) is 5.29. The van der Waals surface area contributed by atoms with Gasteiger partial charge in [0.1, 0.15) is 12.4 Å². The van der Waals surface area contributed by atoms with Crippen molar-refractivity contribution in [2.75, 3.05) is 33.4 Å². The van der Waals surface area contributed by atoms with Gasteiger partial charge in [-0.3, -0.25) is 9.59 Å². The first-order valence-electron chi connectivity index (χ1n) is 10.4. The Labute approximate surface area is 182 Å². The molecule has 31 heavy (non-hydrogen) atoms. The van der Waals surface area contributed by atoms with E-state index in [-0.39, 0.29) is 49.9 Å². The van der Waals surface area contributed by atoms with E-state index in [1.54, 1.807) is 17.0 Å². The van der Waals surface area contributed by atoms with Gasteiger partial charge in [-0.15, -0.1) is 0 Å². The number of hydrogen-bond donors (Lipinski definition) is 1. The van der Waals surface area contributed by atoms with E-state index < -0.39 is 5.60 Å². The first-order chi connectivity index (χ1) is 14.8. The molecule has 1 unspecified atom stereocenters. The molecule has 0 saturated carbocycles. The summed E-state index contributed by atoms with van der Waals surface area (Å²) in [6.07, 6.45) is 0.274. The van der Waals surface area contributed by atoms with E-state index in [2.05, 4.69) is 5.32 Å². The summed E-state index contributed by atoms with van der Waals surface area (Å²) in [5.74, 6) is -0.748. The number of methoxy groups -OCH3 is 1. The molecule has 166 valence electrons. The largest absolute Gasteiger partial charge is 0.375 e. The van der Waals surface area contributed by atoms with E-state index in [0.717, 1.165) is 16.7 Å². The van der Waals surface area contributed by atoms with Crippen molar-refractivity contribution in [1.29, 1.82) is 0 Å². The number of hydrogen-bond acceptors (Lipinski definition) is 4. The van der Waals surface area contributed by atoms with Gasteiger partial charge in [-0.05, 0) is 42.7 Å². The van der Waals surface area contributed by atoms with Gasteiger partial charge in [0.2, 0.25) is 5.91 Å². The van der Waals surface area contributed by atoms with Crippen molar-refractivity contribution in [1.82, 2.24) is 10.2 Å². The molecule has 0 spiro atoms. The second-order valence-electron chi connectivity index (χ2n) is 8.06. The van der Waals surface area contributed by atoms with E-state index in [4.69, 9.17) is 9.47 Å². The number of benzene rings is 2. The first kappa shape index (κ1) is 22.9. The van der Waals surface area contributed by atoms with Gasteiger partial charge >= 0.3 is 0 Å². The number of nitrogens with one attached hydrogen (secondary N) is 1. The number of morpholine rings is 1. The molecule has 2 aromatic carbocycles. The number of carbonyl (C=O) groups is 2. The third-order valence-corrected chi connectivity index (χ3v) is 5.29. The van der Waals surface area contributed by atoms with Crippen molar-refractivity contribution in [2.24, 2.45) is 0 Å². The van der Waals surface area contributed by atoms with Crippen molar-refractivity contribution in [3.63, 3.8) is 0 Å². The van der Waals surface area contributed by atoms with Crippen molar-refractivity contribution in [3.8, 4) is 11.1 Å². The average molecular weight is 429 g/mol. The number of nitrogens with zero attached hydrogens (tertiary/aromatic N) is 1. The van der Waals surface area contributed by atoms with Crippen LogP contribution in [0.25, 0.3) is 11.1 Å². The fourth-order valence-corrected chi connectivity index (χ4v) is 3.82. The zero-order valence-corrected chi connectivity index (χ0v) is 18.2. The molecule has 1 heterocycles. The summed E-state index contributed by atoms with van der Waals surface area (Å²) in [7, 11) is 1.47. The van der Waals surface area contributed by atoms with Gasteiger partial charge in [-0.2, -0.15) is 0 Å². The second-order valence-corrected chi connectivity index (χ2v) is 8.06. The quantitative estimate of drug-likeness (QED) is 0.737. The number of rotatable bonds is 7. The molecule has 1 aliphatic heterocycles. The monoisotopic (exact) mass is 428 g/mol. The van der Waals surface area contributed by atoms with E-state index in [9.17, 15) is 14.0 Å². The van der Waals surface area contributed by atoms with Gasteiger partial charge in [0.25, 0.3) is 5.91 Å². The molecule has 0 aliphatic carbocycles. The van der Waals surface area contributed by atoms with Crippen LogP contribution >= 0.6 is 0 Å². The molecule has 0 radical (unpaired) electrons. The molecule has 2 amide bonds. The van der Waals surface area contributed by atoms with Crippen molar-refractivity contribution < 1.29 is 23.5 Å². The predicted octanol–water partition coefficient (Wildman–Crippen LogP) is 2.80. The van der Waals surface area contributed by atoms with Crippen LogP contribution in [0.15, 0.2) is 48.5 Å². The zero-order chi connectivity index (χ0) is 22.4. The minimum absolute atomic E-state index is 0.0476. The highest BCUT2D eigenvalue weighted by Gasteiger charge is 2.45. The third kappa shape index (κ3) is 5.48. The zero-order valence-electron chi connectivity index (χ0n) is 18.2. The van der Waals surface area contributed by atoms with Crippen LogP contribution in [0, 0.1) is 5.82 Å². The smallest absolute Gasteiger partial charge is 0.254 e. The minimum atomic E-state index is -1.23. The molecule has 0 bridgehead atoms. The van der Waals surface area contributed by atoms with Crippen LogP contribution in [0.3, 0.4) is 0 Å². The topological polar surface area (TPSA) is 67.9 Å². The standard InChI is InChI=1S/C24H29FN2O4/c1-17(2)26-23(29)24(16-27(12-13-31-24)22(28)15-30-3)14-19-6-4-5-7-21(19)18-8-10-20(25)11-9-18/h4-11,17H,12-16H2,1-3H3,(H,26,29). The van der Waals surface area contributed by atoms with Crippen LogP contribution in [-0.2, 0) is 25.5 Å². The lowest BCUT2D eigenvalue weighted by molar-refractivity contribution is -0.167. The van der Waals surface area contributed by atoms with E-state index in [1.165, 1.54) is 19.2 Å². The van der Waals surface area contributed by atoms with Gasteiger partial charge < -0.3 is 19.7 Å². The molecule has 3 rings (SSSR count). The van der Waals surface area contributed by atoms with Gasteiger partial charge in [-0.25, -0.2) is 4.39 Å². The van der Waals surface area contributed by atoms with Gasteiger partial charge in [0, 0.05) is 26.1 Å². The fourth-order valence-electron chi connectivity index (χ4n) is 3.82. The lowest BCUT2D eigenvalue weighted by Crippen LogP contribution is -2.63. The summed E-state index contributed by atoms with van der Waals surface area (Å²) < 4.78 is 24.5. The van der Waals surface area contributed by atoms with Crippen molar-refractivity contribution in [2.45, 2.75) is 31.9 Å². The number of halogens is 1. The maximum Gasteiger partial charge on any atom is 0.254 e. The summed E-state index contributed by atoms with van der Waals surface area (Å²) in [6.45, 7) is 4.50. The second kappa shape index (κ2) is 10.0. The Morgan fingerprint density at radius 3 is 2.58 bits per heavy atom. The summed E-state index contributed by atoms with van der Waals surface area (Å²) in [6, 6.07) is 13.8. The number of carbonyl (C=O) groups excluding carboxylic acids is 2. The summed E-state index contributed by atoms with van der Waals surface area (Å²) in [5, 5.41) is 2.95. The molecular formula is C24H29FN2O4. The van der Waals surface area contributed by atoms with Crippen LogP contribution in [0.5, 0.6) is 0 Å². The predicted molar refractivity (Wildman–Crippen MR) is 116 cm³/mol. The van der Waals surface area contributed by atoms with Gasteiger partial charge in [0.05, 0.1) is 13.2 Å². The Balaban J connectivity index is 1.97. The molecule has 1 atom stereocenters. The highest BCUT2D eigenvalue weighted by Crippen LogP contribution is 2.31. The number of amides is 2. The van der Waals surface area contributed by atoms with Crippen molar-refractivity contribution >= 4 is 11.8 Å². The van der Waals surface area contributed by atoms with E-state index >= 15 is 0 Å². The normalized spacial score (nSPS) is 18.8. The van der Waals surface area contributed by atoms with Gasteiger partial charge in [-0.1, -0.05) is 36.4 Å². The Kier molecular flexibility index (Phi) is 7.41. The van der Waals surface area contributed by atoms with Crippen LogP contribution in [-0.4, -0.2) is 61.8 Å². The molecule has 1 N–H and O–H groups in total. The maximum atomic E-state index is 13.4. The van der Waals surface area contributed by atoms with Crippen LogP contribution < -0.4 is 5.32 Å². The SMILES string of the molecule is COCC(=O)N1CCOC(Cc2ccccc2-c2ccc(F)cc2)(C(=O)NC(C)C)C1.